The molecule has 0 aliphatic carbocycles. The molecule has 0 aliphatic heterocycles. The van der Waals surface area contributed by atoms with Gasteiger partial charge in [-0.25, -0.2) is 9.97 Å². The van der Waals surface area contributed by atoms with Crippen LogP contribution in [0.3, 0.4) is 0 Å². The van der Waals surface area contributed by atoms with Crippen molar-refractivity contribution in [3.63, 3.8) is 0 Å². The van der Waals surface area contributed by atoms with Crippen LogP contribution in [0, 0.1) is 0 Å². The molecule has 0 radical (unpaired) electrons. The number of para-hydroxylation sites is 1. The lowest BCUT2D eigenvalue weighted by molar-refractivity contribution is 0.670. The SMILES string of the molecule is c1ccc(-c2nc(-c3ccc(-c4cccnc4)cc3)cc(-c3ccc(-c4ccc(-c5cccc6c5sc5ccccc56)c5oc6ccccc6c45)cc3)n2)cc1. The quantitative estimate of drug-likeness (QED) is 0.171. The molecule has 0 unspecified atom stereocenters. The molecule has 262 valence electrons. The van der Waals surface area contributed by atoms with E-state index in [-0.39, 0.29) is 0 Å². The Morgan fingerprint density at radius 3 is 1.84 bits per heavy atom. The first-order valence-electron chi connectivity index (χ1n) is 18.7. The number of furan rings is 1. The first-order chi connectivity index (χ1) is 27.7. The van der Waals surface area contributed by atoms with Crippen molar-refractivity contribution in [1.29, 1.82) is 0 Å². The van der Waals surface area contributed by atoms with Crippen LogP contribution < -0.4 is 0 Å². The van der Waals surface area contributed by atoms with Crippen LogP contribution in [0.2, 0.25) is 0 Å². The second kappa shape index (κ2) is 13.3. The first-order valence-corrected chi connectivity index (χ1v) is 19.5. The first kappa shape index (κ1) is 32.2. The average Bonchev–Trinajstić information content (AvgIpc) is 3.86. The van der Waals surface area contributed by atoms with Crippen molar-refractivity contribution in [1.82, 2.24) is 15.0 Å². The molecule has 0 spiro atoms. The highest BCUT2D eigenvalue weighted by atomic mass is 32.1. The summed E-state index contributed by atoms with van der Waals surface area (Å²) in [5, 5.41) is 4.79. The molecule has 5 heteroatoms. The number of thiophene rings is 1. The molecule has 11 rings (SSSR count). The van der Waals surface area contributed by atoms with Crippen LogP contribution in [0.15, 0.2) is 193 Å². The zero-order valence-electron chi connectivity index (χ0n) is 30.1. The number of fused-ring (bicyclic) bond motifs is 6. The Morgan fingerprint density at radius 2 is 1.07 bits per heavy atom. The molecular weight excluding hydrogens is 703 g/mol. The Morgan fingerprint density at radius 1 is 0.429 bits per heavy atom. The maximum absolute atomic E-state index is 6.74. The van der Waals surface area contributed by atoms with Crippen molar-refractivity contribution >= 4 is 53.4 Å². The highest BCUT2D eigenvalue weighted by Crippen LogP contribution is 2.46. The summed E-state index contributed by atoms with van der Waals surface area (Å²) in [5.41, 5.74) is 13.3. The van der Waals surface area contributed by atoms with E-state index < -0.39 is 0 Å². The molecule has 0 bridgehead atoms. The molecule has 0 saturated carbocycles. The zero-order chi connectivity index (χ0) is 37.0. The summed E-state index contributed by atoms with van der Waals surface area (Å²) in [5.74, 6) is 0.689. The number of nitrogens with zero attached hydrogens (tertiary/aromatic N) is 3. The van der Waals surface area contributed by atoms with E-state index in [4.69, 9.17) is 14.4 Å². The Kier molecular flexibility index (Phi) is 7.64. The zero-order valence-corrected chi connectivity index (χ0v) is 30.9. The Balaban J connectivity index is 1.02. The van der Waals surface area contributed by atoms with Gasteiger partial charge < -0.3 is 4.42 Å². The topological polar surface area (TPSA) is 51.8 Å². The standard InChI is InChI=1S/C51H31N3OS/c1-2-10-36(11-3-1)51-53-44(34-23-19-32(20-24-34)37-12-9-29-52-31-37)30-45(54-51)35-25-21-33(22-26-35)38-27-28-40(49-48(38)43-14-4-6-17-46(43)55-49)42-16-8-15-41-39-13-5-7-18-47(39)56-50(41)42/h1-31H. The fourth-order valence-corrected chi connectivity index (χ4v) is 9.12. The maximum atomic E-state index is 6.74. The number of hydrogen-bond donors (Lipinski definition) is 0. The van der Waals surface area contributed by atoms with E-state index in [9.17, 15) is 0 Å². The van der Waals surface area contributed by atoms with E-state index in [0.29, 0.717) is 5.82 Å². The molecule has 0 aliphatic rings. The molecule has 7 aromatic carbocycles. The summed E-state index contributed by atoms with van der Waals surface area (Å²) in [7, 11) is 0. The predicted octanol–water partition coefficient (Wildman–Crippen LogP) is 14.1. The molecule has 56 heavy (non-hydrogen) atoms. The fourth-order valence-electron chi connectivity index (χ4n) is 7.89. The molecule has 11 aromatic rings. The van der Waals surface area contributed by atoms with Gasteiger partial charge in [0.15, 0.2) is 5.82 Å². The number of benzene rings is 7. The normalized spacial score (nSPS) is 11.6. The second-order valence-corrected chi connectivity index (χ2v) is 15.0. The van der Waals surface area contributed by atoms with Gasteiger partial charge in [0.1, 0.15) is 11.2 Å². The minimum Gasteiger partial charge on any atom is -0.455 e. The minimum absolute atomic E-state index is 0.689. The van der Waals surface area contributed by atoms with Gasteiger partial charge in [-0.1, -0.05) is 146 Å². The van der Waals surface area contributed by atoms with E-state index >= 15 is 0 Å². The van der Waals surface area contributed by atoms with E-state index in [2.05, 4.69) is 151 Å². The van der Waals surface area contributed by atoms with E-state index in [1.54, 1.807) is 6.20 Å². The number of rotatable bonds is 6. The second-order valence-electron chi connectivity index (χ2n) is 14.0. The third-order valence-corrected chi connectivity index (χ3v) is 11.9. The molecule has 0 fully saturated rings. The van der Waals surface area contributed by atoms with Crippen LogP contribution in [0.1, 0.15) is 0 Å². The molecule has 0 N–H and O–H groups in total. The van der Waals surface area contributed by atoms with Gasteiger partial charge in [-0.3, -0.25) is 4.98 Å². The van der Waals surface area contributed by atoms with Gasteiger partial charge in [0.05, 0.1) is 11.4 Å². The molecular formula is C51H31N3OS. The third kappa shape index (κ3) is 5.48. The van der Waals surface area contributed by atoms with Crippen LogP contribution in [0.5, 0.6) is 0 Å². The summed E-state index contributed by atoms with van der Waals surface area (Å²) in [6, 6.07) is 61.7. The van der Waals surface area contributed by atoms with Gasteiger partial charge in [0, 0.05) is 71.2 Å². The van der Waals surface area contributed by atoms with Crippen molar-refractivity contribution in [3.05, 3.63) is 188 Å². The molecule has 4 aromatic heterocycles. The van der Waals surface area contributed by atoms with E-state index in [0.717, 1.165) is 77.8 Å². The van der Waals surface area contributed by atoms with Gasteiger partial charge in [0.2, 0.25) is 0 Å². The van der Waals surface area contributed by atoms with E-state index in [1.807, 2.05) is 47.9 Å². The fraction of sp³-hybridized carbons (Fsp3) is 0. The van der Waals surface area contributed by atoms with Gasteiger partial charge in [-0.2, -0.15) is 0 Å². The van der Waals surface area contributed by atoms with Crippen LogP contribution in [-0.2, 0) is 0 Å². The summed E-state index contributed by atoms with van der Waals surface area (Å²) < 4.78 is 9.31. The minimum atomic E-state index is 0.689. The summed E-state index contributed by atoms with van der Waals surface area (Å²) in [4.78, 5) is 14.4. The van der Waals surface area contributed by atoms with Crippen molar-refractivity contribution in [3.8, 4) is 67.3 Å². The van der Waals surface area contributed by atoms with Crippen LogP contribution in [-0.4, -0.2) is 15.0 Å². The van der Waals surface area contributed by atoms with Gasteiger partial charge >= 0.3 is 0 Å². The summed E-state index contributed by atoms with van der Waals surface area (Å²) in [6.45, 7) is 0. The molecule has 4 nitrogen and oxygen atoms in total. The van der Waals surface area contributed by atoms with Gasteiger partial charge in [0.25, 0.3) is 0 Å². The van der Waals surface area contributed by atoms with Crippen molar-refractivity contribution in [2.24, 2.45) is 0 Å². The smallest absolute Gasteiger partial charge is 0.160 e. The lowest BCUT2D eigenvalue weighted by Crippen LogP contribution is -1.96. The maximum Gasteiger partial charge on any atom is 0.160 e. The highest BCUT2D eigenvalue weighted by molar-refractivity contribution is 7.26. The summed E-state index contributed by atoms with van der Waals surface area (Å²) in [6.07, 6.45) is 3.68. The third-order valence-electron chi connectivity index (χ3n) is 10.6. The molecule has 4 heterocycles. The molecule has 0 saturated heterocycles. The van der Waals surface area contributed by atoms with Crippen LogP contribution in [0.25, 0.3) is 109 Å². The van der Waals surface area contributed by atoms with Gasteiger partial charge in [-0.15, -0.1) is 11.3 Å². The van der Waals surface area contributed by atoms with Crippen molar-refractivity contribution < 1.29 is 4.42 Å². The van der Waals surface area contributed by atoms with Crippen molar-refractivity contribution in [2.75, 3.05) is 0 Å². The predicted molar refractivity (Wildman–Crippen MR) is 233 cm³/mol. The number of aromatic nitrogens is 3. The lowest BCUT2D eigenvalue weighted by atomic mass is 9.93. The highest BCUT2D eigenvalue weighted by Gasteiger charge is 2.20. The molecule has 0 amide bonds. The average molecular weight is 734 g/mol. The Hall–Kier alpha value is -7.21. The van der Waals surface area contributed by atoms with Crippen LogP contribution >= 0.6 is 11.3 Å². The molecule has 0 atom stereocenters. The lowest BCUT2D eigenvalue weighted by Gasteiger charge is -2.12. The Bertz CT molecular complexity index is 3220. The summed E-state index contributed by atoms with van der Waals surface area (Å²) >= 11 is 1.84. The van der Waals surface area contributed by atoms with E-state index in [1.165, 1.54) is 25.7 Å². The van der Waals surface area contributed by atoms with Gasteiger partial charge in [-0.05, 0) is 52.6 Å². The monoisotopic (exact) mass is 733 g/mol. The number of pyridine rings is 1. The Labute approximate surface area is 327 Å². The number of hydrogen-bond acceptors (Lipinski definition) is 5. The largest absolute Gasteiger partial charge is 0.455 e. The van der Waals surface area contributed by atoms with Crippen molar-refractivity contribution in [2.45, 2.75) is 0 Å². The van der Waals surface area contributed by atoms with Crippen LogP contribution in [0.4, 0.5) is 0 Å².